The zero-order valence-corrected chi connectivity index (χ0v) is 9.39. The summed E-state index contributed by atoms with van der Waals surface area (Å²) < 4.78 is 0. The summed E-state index contributed by atoms with van der Waals surface area (Å²) in [5, 5.41) is 3.41. The van der Waals surface area contributed by atoms with Gasteiger partial charge in [0, 0.05) is 12.1 Å². The maximum Gasteiger partial charge on any atom is 0.00644 e. The molecule has 0 atom stereocenters. The molecule has 3 N–H and O–H groups in total. The van der Waals surface area contributed by atoms with E-state index >= 15 is 0 Å². The van der Waals surface area contributed by atoms with Gasteiger partial charge in [-0.1, -0.05) is 0 Å². The summed E-state index contributed by atoms with van der Waals surface area (Å²) in [6, 6.07) is 1.29. The highest BCUT2D eigenvalue weighted by Gasteiger charge is 2.37. The Morgan fingerprint density at radius 2 is 1.50 bits per heavy atom. The number of nitrogens with two attached hydrogens (primary N) is 1. The Hall–Kier alpha value is -0.0800. The molecule has 0 saturated heterocycles. The van der Waals surface area contributed by atoms with Crippen molar-refractivity contribution in [1.82, 2.24) is 5.32 Å². The molecule has 1 spiro atoms. The SMILES string of the molecule is CNC1CCC2(CCC(N)CC2)CC1. The Morgan fingerprint density at radius 1 is 1.00 bits per heavy atom. The molecule has 14 heavy (non-hydrogen) atoms. The monoisotopic (exact) mass is 196 g/mol. The van der Waals surface area contributed by atoms with E-state index in [9.17, 15) is 0 Å². The van der Waals surface area contributed by atoms with E-state index in [1.165, 1.54) is 51.4 Å². The van der Waals surface area contributed by atoms with Crippen LogP contribution in [0.3, 0.4) is 0 Å². The molecule has 0 radical (unpaired) electrons. The van der Waals surface area contributed by atoms with E-state index in [-0.39, 0.29) is 0 Å². The third kappa shape index (κ3) is 2.12. The molecule has 0 heterocycles. The quantitative estimate of drug-likeness (QED) is 0.673. The van der Waals surface area contributed by atoms with E-state index < -0.39 is 0 Å². The minimum Gasteiger partial charge on any atom is -0.328 e. The Morgan fingerprint density at radius 3 is 2.00 bits per heavy atom. The number of rotatable bonds is 1. The molecule has 0 aromatic carbocycles. The van der Waals surface area contributed by atoms with Crippen molar-refractivity contribution in [1.29, 1.82) is 0 Å². The van der Waals surface area contributed by atoms with Crippen molar-refractivity contribution in [2.75, 3.05) is 7.05 Å². The second kappa shape index (κ2) is 4.19. The van der Waals surface area contributed by atoms with Crippen LogP contribution < -0.4 is 11.1 Å². The molecule has 2 aliphatic rings. The van der Waals surface area contributed by atoms with E-state index in [2.05, 4.69) is 12.4 Å². The van der Waals surface area contributed by atoms with Crippen molar-refractivity contribution < 1.29 is 0 Å². The fourth-order valence-electron chi connectivity index (χ4n) is 3.27. The summed E-state index contributed by atoms with van der Waals surface area (Å²) >= 11 is 0. The molecule has 0 amide bonds. The van der Waals surface area contributed by atoms with Gasteiger partial charge in [-0.15, -0.1) is 0 Å². The Kier molecular flexibility index (Phi) is 3.13. The molecule has 0 aromatic rings. The predicted molar refractivity (Wildman–Crippen MR) is 60.2 cm³/mol. The van der Waals surface area contributed by atoms with Gasteiger partial charge in [0.05, 0.1) is 0 Å². The summed E-state index contributed by atoms with van der Waals surface area (Å²) in [7, 11) is 2.10. The van der Waals surface area contributed by atoms with Crippen LogP contribution in [0.5, 0.6) is 0 Å². The van der Waals surface area contributed by atoms with Crippen LogP contribution in [0, 0.1) is 5.41 Å². The summed E-state index contributed by atoms with van der Waals surface area (Å²) in [4.78, 5) is 0. The van der Waals surface area contributed by atoms with Gasteiger partial charge in [-0.05, 0) is 63.8 Å². The van der Waals surface area contributed by atoms with Gasteiger partial charge in [-0.2, -0.15) is 0 Å². The van der Waals surface area contributed by atoms with Gasteiger partial charge in [-0.3, -0.25) is 0 Å². The third-order valence-corrected chi connectivity index (χ3v) is 4.55. The van der Waals surface area contributed by atoms with Crippen molar-refractivity contribution >= 4 is 0 Å². The first-order valence-electron chi connectivity index (χ1n) is 6.17. The van der Waals surface area contributed by atoms with Gasteiger partial charge >= 0.3 is 0 Å². The Labute approximate surface area is 87.6 Å². The lowest BCUT2D eigenvalue weighted by Gasteiger charge is -2.44. The first kappa shape index (κ1) is 10.4. The second-order valence-corrected chi connectivity index (χ2v) is 5.40. The second-order valence-electron chi connectivity index (χ2n) is 5.40. The van der Waals surface area contributed by atoms with E-state index in [1.54, 1.807) is 0 Å². The lowest BCUT2D eigenvalue weighted by molar-refractivity contribution is 0.101. The Bertz CT molecular complexity index is 173. The Balaban J connectivity index is 1.86. The molecule has 2 saturated carbocycles. The smallest absolute Gasteiger partial charge is 0.00644 e. The van der Waals surface area contributed by atoms with Crippen LogP contribution in [0.2, 0.25) is 0 Å². The summed E-state index contributed by atoms with van der Waals surface area (Å²) in [6.07, 6.45) is 11.0. The van der Waals surface area contributed by atoms with Crippen LogP contribution >= 0.6 is 0 Å². The standard InChI is InChI=1S/C12H24N2/c1-14-11-4-8-12(9-5-11)6-2-10(13)3-7-12/h10-11,14H,2-9,13H2,1H3. The highest BCUT2D eigenvalue weighted by Crippen LogP contribution is 2.46. The largest absolute Gasteiger partial charge is 0.328 e. The highest BCUT2D eigenvalue weighted by molar-refractivity contribution is 4.92. The normalized spacial score (nSPS) is 44.1. The number of hydrogen-bond acceptors (Lipinski definition) is 2. The zero-order chi connectivity index (χ0) is 10.0. The molecule has 2 heteroatoms. The number of nitrogens with one attached hydrogen (secondary N) is 1. The van der Waals surface area contributed by atoms with Crippen LogP contribution in [0.4, 0.5) is 0 Å². The van der Waals surface area contributed by atoms with E-state index in [4.69, 9.17) is 5.73 Å². The van der Waals surface area contributed by atoms with Gasteiger partial charge in [-0.25, -0.2) is 0 Å². The minimum absolute atomic E-state index is 0.502. The molecule has 82 valence electrons. The molecule has 2 nitrogen and oxygen atoms in total. The molecule has 2 fully saturated rings. The van der Waals surface area contributed by atoms with Crippen LogP contribution in [0.15, 0.2) is 0 Å². The third-order valence-electron chi connectivity index (χ3n) is 4.55. The molecule has 0 bridgehead atoms. The van der Waals surface area contributed by atoms with Crippen molar-refractivity contribution in [2.24, 2.45) is 11.1 Å². The summed E-state index contributed by atoms with van der Waals surface area (Å²) in [5.41, 5.74) is 6.66. The molecule has 0 aliphatic heterocycles. The van der Waals surface area contributed by atoms with Crippen molar-refractivity contribution in [3.63, 3.8) is 0 Å². The average molecular weight is 196 g/mol. The van der Waals surface area contributed by atoms with Crippen LogP contribution in [0.25, 0.3) is 0 Å². The maximum absolute atomic E-state index is 5.97. The molecular formula is C12H24N2. The topological polar surface area (TPSA) is 38.0 Å². The van der Waals surface area contributed by atoms with Crippen LogP contribution in [-0.2, 0) is 0 Å². The maximum atomic E-state index is 5.97. The van der Waals surface area contributed by atoms with Crippen molar-refractivity contribution in [2.45, 2.75) is 63.5 Å². The van der Waals surface area contributed by atoms with Crippen molar-refractivity contribution in [3.8, 4) is 0 Å². The van der Waals surface area contributed by atoms with Crippen molar-refractivity contribution in [3.05, 3.63) is 0 Å². The van der Waals surface area contributed by atoms with Crippen LogP contribution in [0.1, 0.15) is 51.4 Å². The summed E-state index contributed by atoms with van der Waals surface area (Å²) in [6.45, 7) is 0. The zero-order valence-electron chi connectivity index (χ0n) is 9.39. The fourth-order valence-corrected chi connectivity index (χ4v) is 3.27. The minimum atomic E-state index is 0.502. The van der Waals surface area contributed by atoms with E-state index in [1.807, 2.05) is 0 Å². The summed E-state index contributed by atoms with van der Waals surface area (Å²) in [5.74, 6) is 0. The van der Waals surface area contributed by atoms with Gasteiger partial charge in [0.15, 0.2) is 0 Å². The number of hydrogen-bond donors (Lipinski definition) is 2. The van der Waals surface area contributed by atoms with E-state index in [0.717, 1.165) is 6.04 Å². The van der Waals surface area contributed by atoms with Gasteiger partial charge in [0.2, 0.25) is 0 Å². The molecule has 2 aliphatic carbocycles. The van der Waals surface area contributed by atoms with E-state index in [0.29, 0.717) is 11.5 Å². The molecule has 0 unspecified atom stereocenters. The van der Waals surface area contributed by atoms with Crippen LogP contribution in [-0.4, -0.2) is 19.1 Å². The molecule has 2 rings (SSSR count). The lowest BCUT2D eigenvalue weighted by Crippen LogP contribution is -2.40. The highest BCUT2D eigenvalue weighted by atomic mass is 14.9. The first-order chi connectivity index (χ1) is 6.74. The fraction of sp³-hybridized carbons (Fsp3) is 1.00. The van der Waals surface area contributed by atoms with Gasteiger partial charge in [0.25, 0.3) is 0 Å². The van der Waals surface area contributed by atoms with Gasteiger partial charge < -0.3 is 11.1 Å². The van der Waals surface area contributed by atoms with Gasteiger partial charge in [0.1, 0.15) is 0 Å². The predicted octanol–water partition coefficient (Wildman–Crippen LogP) is 2.04. The first-order valence-corrected chi connectivity index (χ1v) is 6.17. The lowest BCUT2D eigenvalue weighted by atomic mass is 9.64. The molecule has 0 aromatic heterocycles. The average Bonchev–Trinajstić information content (AvgIpc) is 2.24. The molecular weight excluding hydrogens is 172 g/mol.